The molecular formula is C23H30N2O4S. The number of carbonyl (C=O) groups is 1. The quantitative estimate of drug-likeness (QED) is 0.697. The van der Waals surface area contributed by atoms with Crippen LogP contribution in [-0.4, -0.2) is 44.9 Å². The topological polar surface area (TPSA) is 75.7 Å². The molecule has 2 aromatic rings. The predicted molar refractivity (Wildman–Crippen MR) is 118 cm³/mol. The molecule has 0 aliphatic carbocycles. The normalized spacial score (nSPS) is 16.4. The fraction of sp³-hybridized carbons (Fsp3) is 0.435. The van der Waals surface area contributed by atoms with Gasteiger partial charge in [0.1, 0.15) is 0 Å². The third kappa shape index (κ3) is 6.14. The van der Waals surface area contributed by atoms with E-state index in [0.29, 0.717) is 43.3 Å². The largest absolute Gasteiger partial charge is 0.379 e. The molecule has 3 rings (SSSR count). The van der Waals surface area contributed by atoms with Crippen LogP contribution < -0.4 is 5.32 Å². The average molecular weight is 431 g/mol. The second-order valence-corrected chi connectivity index (χ2v) is 10.00. The van der Waals surface area contributed by atoms with Gasteiger partial charge < -0.3 is 10.1 Å². The Morgan fingerprint density at radius 1 is 1.03 bits per heavy atom. The molecule has 6 nitrogen and oxygen atoms in total. The lowest BCUT2D eigenvalue weighted by Gasteiger charge is -2.26. The molecule has 0 spiro atoms. The molecule has 0 unspecified atom stereocenters. The Hall–Kier alpha value is -2.22. The Balaban J connectivity index is 1.66. The summed E-state index contributed by atoms with van der Waals surface area (Å²) in [6, 6.07) is 16.7. The fourth-order valence-corrected chi connectivity index (χ4v) is 5.06. The maximum Gasteiger partial charge on any atom is 0.251 e. The Morgan fingerprint density at radius 3 is 2.27 bits per heavy atom. The number of ether oxygens (including phenoxy) is 1. The number of nitrogens with zero attached hydrogens (tertiary/aromatic N) is 1. The van der Waals surface area contributed by atoms with Crippen LogP contribution in [0, 0.1) is 5.92 Å². The van der Waals surface area contributed by atoms with E-state index in [2.05, 4.69) is 19.2 Å². The van der Waals surface area contributed by atoms with E-state index in [4.69, 9.17) is 4.74 Å². The maximum atomic E-state index is 12.8. The van der Waals surface area contributed by atoms with Crippen LogP contribution in [0.15, 0.2) is 54.6 Å². The van der Waals surface area contributed by atoms with Crippen LogP contribution in [-0.2, 0) is 20.5 Å². The Kier molecular flexibility index (Phi) is 7.64. The number of nitrogens with one attached hydrogen (secondary N) is 1. The third-order valence-electron chi connectivity index (χ3n) is 5.14. The Morgan fingerprint density at radius 2 is 1.67 bits per heavy atom. The van der Waals surface area contributed by atoms with E-state index in [9.17, 15) is 13.2 Å². The van der Waals surface area contributed by atoms with Crippen LogP contribution in [0.4, 0.5) is 0 Å². The summed E-state index contributed by atoms with van der Waals surface area (Å²) in [6.07, 6.45) is 0.839. The van der Waals surface area contributed by atoms with E-state index < -0.39 is 10.0 Å². The van der Waals surface area contributed by atoms with Crippen molar-refractivity contribution in [2.24, 2.45) is 5.92 Å². The van der Waals surface area contributed by atoms with Gasteiger partial charge in [-0.2, -0.15) is 4.31 Å². The third-order valence-corrected chi connectivity index (χ3v) is 6.99. The number of hydrogen-bond donors (Lipinski definition) is 1. The van der Waals surface area contributed by atoms with Crippen molar-refractivity contribution in [3.63, 3.8) is 0 Å². The van der Waals surface area contributed by atoms with Gasteiger partial charge in [0.05, 0.1) is 25.0 Å². The summed E-state index contributed by atoms with van der Waals surface area (Å²) >= 11 is 0. The maximum absolute atomic E-state index is 12.8. The summed E-state index contributed by atoms with van der Waals surface area (Å²) in [5.41, 5.74) is 2.26. The molecular weight excluding hydrogens is 400 g/mol. The molecule has 7 heteroatoms. The van der Waals surface area contributed by atoms with E-state index in [1.54, 1.807) is 24.3 Å². The predicted octanol–water partition coefficient (Wildman–Crippen LogP) is 3.37. The highest BCUT2D eigenvalue weighted by Crippen LogP contribution is 2.22. The van der Waals surface area contributed by atoms with Gasteiger partial charge in [-0.25, -0.2) is 8.42 Å². The molecule has 1 aliphatic heterocycles. The lowest BCUT2D eigenvalue weighted by molar-refractivity contribution is 0.0729. The van der Waals surface area contributed by atoms with Crippen LogP contribution >= 0.6 is 0 Å². The number of rotatable bonds is 8. The monoisotopic (exact) mass is 430 g/mol. The first kappa shape index (κ1) is 22.5. The van der Waals surface area contributed by atoms with Crippen molar-refractivity contribution in [2.75, 3.05) is 26.3 Å². The molecule has 162 valence electrons. The highest BCUT2D eigenvalue weighted by atomic mass is 32.2. The number of carbonyl (C=O) groups excluding carboxylic acids is 1. The van der Waals surface area contributed by atoms with Crippen molar-refractivity contribution >= 4 is 15.9 Å². The second-order valence-electron chi connectivity index (χ2n) is 8.03. The minimum atomic E-state index is -3.39. The van der Waals surface area contributed by atoms with Gasteiger partial charge in [-0.1, -0.05) is 56.3 Å². The molecule has 1 saturated heterocycles. The van der Waals surface area contributed by atoms with Gasteiger partial charge in [-0.15, -0.1) is 0 Å². The number of morpholine rings is 1. The van der Waals surface area contributed by atoms with Crippen LogP contribution in [0.2, 0.25) is 0 Å². The number of amides is 1. The summed E-state index contributed by atoms with van der Waals surface area (Å²) in [5, 5.41) is 3.12. The second kappa shape index (κ2) is 10.2. The Bertz CT molecular complexity index is 921. The standard InChI is InChI=1S/C23H30N2O4S/c1-18(2)16-22(20-6-4-3-5-7-20)24-23(26)21-10-8-19(9-11-21)17-30(27,28)25-12-14-29-15-13-25/h3-11,18,22H,12-17H2,1-2H3,(H,24,26)/t22-/m0/s1. The van der Waals surface area contributed by atoms with Crippen molar-refractivity contribution in [2.45, 2.75) is 32.1 Å². The molecule has 1 N–H and O–H groups in total. The van der Waals surface area contributed by atoms with Crippen molar-refractivity contribution in [3.05, 3.63) is 71.3 Å². The zero-order chi connectivity index (χ0) is 21.6. The molecule has 0 bridgehead atoms. The average Bonchev–Trinajstić information content (AvgIpc) is 2.74. The van der Waals surface area contributed by atoms with Crippen molar-refractivity contribution in [3.8, 4) is 0 Å². The van der Waals surface area contributed by atoms with Crippen LogP contribution in [0.1, 0.15) is 47.8 Å². The van der Waals surface area contributed by atoms with E-state index in [1.165, 1.54) is 4.31 Å². The van der Waals surface area contributed by atoms with E-state index in [0.717, 1.165) is 12.0 Å². The lowest BCUT2D eigenvalue weighted by atomic mass is 9.96. The highest BCUT2D eigenvalue weighted by molar-refractivity contribution is 7.88. The SMILES string of the molecule is CC(C)C[C@H](NC(=O)c1ccc(CS(=O)(=O)N2CCOCC2)cc1)c1ccccc1. The van der Waals surface area contributed by atoms with E-state index >= 15 is 0 Å². The van der Waals surface area contributed by atoms with Gasteiger partial charge in [0, 0.05) is 18.7 Å². The van der Waals surface area contributed by atoms with Gasteiger partial charge in [0.2, 0.25) is 10.0 Å². The fourth-order valence-electron chi connectivity index (χ4n) is 3.56. The molecule has 0 radical (unpaired) electrons. The molecule has 2 aromatic carbocycles. The van der Waals surface area contributed by atoms with Crippen molar-refractivity contribution < 1.29 is 17.9 Å². The summed E-state index contributed by atoms with van der Waals surface area (Å²) < 4.78 is 31.8. The molecule has 1 amide bonds. The number of hydrogen-bond acceptors (Lipinski definition) is 4. The summed E-state index contributed by atoms with van der Waals surface area (Å²) in [6.45, 7) is 5.89. The van der Waals surface area contributed by atoms with Gasteiger partial charge in [-0.05, 0) is 35.6 Å². The number of benzene rings is 2. The van der Waals surface area contributed by atoms with E-state index in [1.807, 2.05) is 30.3 Å². The van der Waals surface area contributed by atoms with Crippen LogP contribution in [0.3, 0.4) is 0 Å². The minimum Gasteiger partial charge on any atom is -0.379 e. The first-order valence-corrected chi connectivity index (χ1v) is 12.0. The van der Waals surface area contributed by atoms with Gasteiger partial charge in [0.25, 0.3) is 5.91 Å². The van der Waals surface area contributed by atoms with Crippen LogP contribution in [0.5, 0.6) is 0 Å². The van der Waals surface area contributed by atoms with Gasteiger partial charge in [-0.3, -0.25) is 4.79 Å². The first-order chi connectivity index (χ1) is 14.3. The van der Waals surface area contributed by atoms with Crippen LogP contribution in [0.25, 0.3) is 0 Å². The number of sulfonamides is 1. The lowest BCUT2D eigenvalue weighted by Crippen LogP contribution is -2.41. The molecule has 0 saturated carbocycles. The molecule has 1 fully saturated rings. The Labute approximate surface area is 179 Å². The zero-order valence-electron chi connectivity index (χ0n) is 17.6. The zero-order valence-corrected chi connectivity index (χ0v) is 18.4. The first-order valence-electron chi connectivity index (χ1n) is 10.4. The highest BCUT2D eigenvalue weighted by Gasteiger charge is 2.24. The minimum absolute atomic E-state index is 0.0694. The van der Waals surface area contributed by atoms with Crippen molar-refractivity contribution in [1.29, 1.82) is 0 Å². The summed E-state index contributed by atoms with van der Waals surface area (Å²) in [4.78, 5) is 12.8. The molecule has 30 heavy (non-hydrogen) atoms. The summed E-state index contributed by atoms with van der Waals surface area (Å²) in [7, 11) is -3.39. The summed E-state index contributed by atoms with van der Waals surface area (Å²) in [5.74, 6) is 0.199. The van der Waals surface area contributed by atoms with Gasteiger partial charge in [0.15, 0.2) is 0 Å². The molecule has 1 heterocycles. The van der Waals surface area contributed by atoms with Crippen molar-refractivity contribution in [1.82, 2.24) is 9.62 Å². The molecule has 1 aliphatic rings. The molecule has 1 atom stereocenters. The van der Waals surface area contributed by atoms with E-state index in [-0.39, 0.29) is 17.7 Å². The molecule has 0 aromatic heterocycles. The van der Waals surface area contributed by atoms with Gasteiger partial charge >= 0.3 is 0 Å². The smallest absolute Gasteiger partial charge is 0.251 e.